The molecule has 0 saturated heterocycles. The smallest absolute Gasteiger partial charge is 0.264 e. The molecule has 1 aliphatic carbocycles. The van der Waals surface area contributed by atoms with E-state index in [9.17, 15) is 8.42 Å². The Morgan fingerprint density at radius 3 is 2.40 bits per heavy atom. The van der Waals surface area contributed by atoms with Gasteiger partial charge in [0.25, 0.3) is 10.1 Å². The van der Waals surface area contributed by atoms with Gasteiger partial charge in [0.1, 0.15) is 0 Å². The van der Waals surface area contributed by atoms with Gasteiger partial charge in [-0.1, -0.05) is 6.92 Å². The maximum absolute atomic E-state index is 10.4. The monoisotopic (exact) mass is 164 g/mol. The summed E-state index contributed by atoms with van der Waals surface area (Å²) in [4.78, 5) is 0. The van der Waals surface area contributed by atoms with Crippen LogP contribution < -0.4 is 0 Å². The van der Waals surface area contributed by atoms with Crippen molar-refractivity contribution in [2.24, 2.45) is 11.8 Å². The van der Waals surface area contributed by atoms with Crippen molar-refractivity contribution >= 4 is 10.1 Å². The van der Waals surface area contributed by atoms with Gasteiger partial charge in [-0.15, -0.1) is 0 Å². The Kier molecular flexibility index (Phi) is 2.01. The summed E-state index contributed by atoms with van der Waals surface area (Å²) in [6.07, 6.45) is 2.19. The molecule has 0 N–H and O–H groups in total. The largest absolute Gasteiger partial charge is 0.270 e. The zero-order valence-electron chi connectivity index (χ0n) is 6.20. The third kappa shape index (κ3) is 2.66. The molecule has 0 aromatic rings. The van der Waals surface area contributed by atoms with Crippen LogP contribution in [-0.4, -0.2) is 21.3 Å². The van der Waals surface area contributed by atoms with Crippen molar-refractivity contribution in [2.45, 2.75) is 13.3 Å². The Labute approximate surface area is 61.5 Å². The molecule has 10 heavy (non-hydrogen) atoms. The summed E-state index contributed by atoms with van der Waals surface area (Å²) in [6, 6.07) is 0. The summed E-state index contributed by atoms with van der Waals surface area (Å²) in [5.74, 6) is 1.14. The van der Waals surface area contributed by atoms with Gasteiger partial charge in [0, 0.05) is 0 Å². The van der Waals surface area contributed by atoms with Crippen molar-refractivity contribution < 1.29 is 12.6 Å². The average molecular weight is 164 g/mol. The first-order valence-corrected chi connectivity index (χ1v) is 5.15. The Balaban J connectivity index is 2.18. The van der Waals surface area contributed by atoms with Crippen LogP contribution in [0.5, 0.6) is 0 Å². The van der Waals surface area contributed by atoms with Crippen LogP contribution >= 0.6 is 0 Å². The van der Waals surface area contributed by atoms with Gasteiger partial charge in [0.15, 0.2) is 0 Å². The minimum Gasteiger partial charge on any atom is -0.270 e. The predicted molar refractivity (Wildman–Crippen MR) is 38.1 cm³/mol. The molecular formula is C6H12O3S. The third-order valence-corrected chi connectivity index (χ3v) is 2.34. The highest BCUT2D eigenvalue weighted by atomic mass is 32.2. The van der Waals surface area contributed by atoms with E-state index in [-0.39, 0.29) is 0 Å². The lowest BCUT2D eigenvalue weighted by atomic mass is 10.4. The van der Waals surface area contributed by atoms with Crippen molar-refractivity contribution in [3.05, 3.63) is 0 Å². The van der Waals surface area contributed by atoms with E-state index >= 15 is 0 Å². The minimum atomic E-state index is -3.20. The van der Waals surface area contributed by atoms with Crippen molar-refractivity contribution in [1.82, 2.24) is 0 Å². The fraction of sp³-hybridized carbons (Fsp3) is 1.00. The van der Waals surface area contributed by atoms with E-state index in [1.807, 2.05) is 0 Å². The SMILES string of the molecule is CC1CC1COS(C)(=O)=O. The van der Waals surface area contributed by atoms with E-state index in [2.05, 4.69) is 11.1 Å². The first-order chi connectivity index (χ1) is 4.49. The Morgan fingerprint density at radius 1 is 1.60 bits per heavy atom. The van der Waals surface area contributed by atoms with E-state index in [1.54, 1.807) is 0 Å². The number of hydrogen-bond donors (Lipinski definition) is 0. The van der Waals surface area contributed by atoms with Crippen LogP contribution in [0.15, 0.2) is 0 Å². The van der Waals surface area contributed by atoms with Gasteiger partial charge in [-0.2, -0.15) is 8.42 Å². The molecule has 0 radical (unpaired) electrons. The molecule has 0 heterocycles. The molecule has 1 saturated carbocycles. The number of hydrogen-bond acceptors (Lipinski definition) is 3. The average Bonchev–Trinajstić information content (AvgIpc) is 2.40. The Bertz CT molecular complexity index is 207. The third-order valence-electron chi connectivity index (χ3n) is 1.77. The quantitative estimate of drug-likeness (QED) is 0.574. The predicted octanol–water partition coefficient (Wildman–Crippen LogP) is 0.619. The van der Waals surface area contributed by atoms with Crippen LogP contribution in [-0.2, 0) is 14.3 Å². The van der Waals surface area contributed by atoms with Crippen molar-refractivity contribution in [1.29, 1.82) is 0 Å². The maximum Gasteiger partial charge on any atom is 0.264 e. The summed E-state index contributed by atoms with van der Waals surface area (Å²) in [7, 11) is -3.20. The van der Waals surface area contributed by atoms with Crippen LogP contribution in [0.1, 0.15) is 13.3 Å². The van der Waals surface area contributed by atoms with Crippen molar-refractivity contribution in [3.63, 3.8) is 0 Å². The highest BCUT2D eigenvalue weighted by Gasteiger charge is 2.33. The summed E-state index contributed by atoms with van der Waals surface area (Å²) in [5.41, 5.74) is 0. The lowest BCUT2D eigenvalue weighted by Crippen LogP contribution is -2.05. The summed E-state index contributed by atoms with van der Waals surface area (Å²) in [6.45, 7) is 2.47. The maximum atomic E-state index is 10.4. The van der Waals surface area contributed by atoms with Gasteiger partial charge in [0.2, 0.25) is 0 Å². The van der Waals surface area contributed by atoms with Crippen LogP contribution in [0.2, 0.25) is 0 Å². The lowest BCUT2D eigenvalue weighted by molar-refractivity contribution is 0.299. The normalized spacial score (nSPS) is 32.2. The van der Waals surface area contributed by atoms with Crippen LogP contribution in [0.25, 0.3) is 0 Å². The molecule has 0 aromatic carbocycles. The second-order valence-electron chi connectivity index (χ2n) is 2.96. The molecular weight excluding hydrogens is 152 g/mol. The zero-order valence-corrected chi connectivity index (χ0v) is 7.02. The molecule has 0 aromatic heterocycles. The molecule has 2 atom stereocenters. The van der Waals surface area contributed by atoms with E-state index in [0.29, 0.717) is 18.4 Å². The summed E-state index contributed by atoms with van der Waals surface area (Å²) in [5, 5.41) is 0. The molecule has 3 nitrogen and oxygen atoms in total. The Hall–Kier alpha value is -0.0900. The van der Waals surface area contributed by atoms with Gasteiger partial charge in [-0.05, 0) is 18.3 Å². The molecule has 2 unspecified atom stereocenters. The van der Waals surface area contributed by atoms with Gasteiger partial charge >= 0.3 is 0 Å². The fourth-order valence-corrected chi connectivity index (χ4v) is 1.26. The van der Waals surface area contributed by atoms with Gasteiger partial charge in [-0.25, -0.2) is 0 Å². The van der Waals surface area contributed by atoms with Crippen LogP contribution in [0, 0.1) is 11.8 Å². The molecule has 1 rings (SSSR count). The minimum absolute atomic E-state index is 0.375. The standard InChI is InChI=1S/C6H12O3S/c1-5-3-6(5)4-9-10(2,7)8/h5-6H,3-4H2,1-2H3. The number of rotatable bonds is 3. The van der Waals surface area contributed by atoms with Crippen molar-refractivity contribution in [2.75, 3.05) is 12.9 Å². The highest BCUT2D eigenvalue weighted by molar-refractivity contribution is 7.85. The van der Waals surface area contributed by atoms with Gasteiger partial charge in [-0.3, -0.25) is 4.18 Å². The molecule has 1 fully saturated rings. The van der Waals surface area contributed by atoms with Gasteiger partial charge in [0.05, 0.1) is 12.9 Å². The van der Waals surface area contributed by atoms with E-state index in [0.717, 1.165) is 12.7 Å². The molecule has 60 valence electrons. The molecule has 0 amide bonds. The van der Waals surface area contributed by atoms with Crippen LogP contribution in [0.3, 0.4) is 0 Å². The Morgan fingerprint density at radius 2 is 2.10 bits per heavy atom. The van der Waals surface area contributed by atoms with E-state index in [1.165, 1.54) is 0 Å². The summed E-state index contributed by atoms with van der Waals surface area (Å²) < 4.78 is 25.5. The first-order valence-electron chi connectivity index (χ1n) is 3.33. The molecule has 4 heteroatoms. The molecule has 0 bridgehead atoms. The summed E-state index contributed by atoms with van der Waals surface area (Å²) >= 11 is 0. The topological polar surface area (TPSA) is 43.4 Å². The molecule has 0 aliphatic heterocycles. The second-order valence-corrected chi connectivity index (χ2v) is 4.61. The zero-order chi connectivity index (χ0) is 7.78. The lowest BCUT2D eigenvalue weighted by Gasteiger charge is -1.97. The first kappa shape index (κ1) is 8.01. The second kappa shape index (κ2) is 2.51. The molecule has 0 spiro atoms. The molecule has 1 aliphatic rings. The highest BCUT2D eigenvalue weighted by Crippen LogP contribution is 2.37. The fourth-order valence-electron chi connectivity index (χ4n) is 0.842. The van der Waals surface area contributed by atoms with E-state index in [4.69, 9.17) is 0 Å². The van der Waals surface area contributed by atoms with Crippen LogP contribution in [0.4, 0.5) is 0 Å². The van der Waals surface area contributed by atoms with Crippen molar-refractivity contribution in [3.8, 4) is 0 Å². The van der Waals surface area contributed by atoms with Gasteiger partial charge < -0.3 is 0 Å². The van der Waals surface area contributed by atoms with E-state index < -0.39 is 10.1 Å².